The zero-order valence-corrected chi connectivity index (χ0v) is 58.9. The van der Waals surface area contributed by atoms with Gasteiger partial charge < -0.3 is 0 Å². The standard InChI is InChI=1S/C83H110S4/c1-9-16-23-30-37-61-48-60(8)49-68(53-61)82(69-54-62(38-31-24-17-10-2)50-63(55-69)39-32-25-18-11-3)74-76(72-44-46-84-80(72)82)86-79-75-77(87-78(74)79)73-45-47-85-81(73)83(75,70-56-64(40-33-26-19-12-4)51-65(57-70)41-34-27-20-13-5)71-58-66(42-35-28-21-14-6)52-67(59-71)43-36-29-22-15-7/h44-59H,9-43H2,1-8H3. The molecule has 466 valence electrons. The van der Waals surface area contributed by atoms with E-state index < -0.39 is 10.8 Å². The minimum atomic E-state index is -0.440. The van der Waals surface area contributed by atoms with Crippen molar-refractivity contribution in [3.8, 4) is 20.9 Å². The SMILES string of the molecule is CCCCCCc1cc(C)cc(C2(c3cc(CCCCCC)cc(CCCCCC)c3)c3sccc3-c3sc4c5c(sc4c32)-c2ccsc2C5(c2cc(CCCCCC)cc(CCCCCC)c2)c2cc(CCCCCC)cc(CCCCCC)c2)c1. The van der Waals surface area contributed by atoms with Crippen LogP contribution in [-0.2, 0) is 55.8 Å². The van der Waals surface area contributed by atoms with Crippen LogP contribution < -0.4 is 0 Å². The molecular weight excluding hydrogens is 1130 g/mol. The third kappa shape index (κ3) is 14.5. The van der Waals surface area contributed by atoms with Gasteiger partial charge in [0.25, 0.3) is 0 Å². The van der Waals surface area contributed by atoms with Gasteiger partial charge in [0.15, 0.2) is 0 Å². The maximum Gasteiger partial charge on any atom is 0.0829 e. The van der Waals surface area contributed by atoms with Crippen molar-refractivity contribution < 1.29 is 0 Å². The van der Waals surface area contributed by atoms with Gasteiger partial charge in [-0.1, -0.05) is 262 Å². The van der Waals surface area contributed by atoms with Crippen molar-refractivity contribution in [3.63, 3.8) is 0 Å². The minimum Gasteiger partial charge on any atom is -0.147 e. The molecule has 4 heterocycles. The van der Waals surface area contributed by atoms with Crippen LogP contribution in [0.25, 0.3) is 30.3 Å². The molecule has 2 aliphatic rings. The van der Waals surface area contributed by atoms with E-state index in [9.17, 15) is 0 Å². The number of thiophene rings is 4. The van der Waals surface area contributed by atoms with E-state index in [4.69, 9.17) is 0 Å². The molecule has 0 saturated carbocycles. The summed E-state index contributed by atoms with van der Waals surface area (Å²) in [4.78, 5) is 6.19. The van der Waals surface area contributed by atoms with E-state index in [1.807, 2.05) is 11.3 Å². The summed E-state index contributed by atoms with van der Waals surface area (Å²) in [5.41, 5.74) is 23.7. The van der Waals surface area contributed by atoms with Gasteiger partial charge in [0.05, 0.1) is 20.2 Å². The molecule has 0 radical (unpaired) electrons. The lowest BCUT2D eigenvalue weighted by molar-refractivity contribution is 0.656. The van der Waals surface area contributed by atoms with E-state index in [0.717, 1.165) is 44.9 Å². The summed E-state index contributed by atoms with van der Waals surface area (Å²) in [6, 6.07) is 37.6. The van der Waals surface area contributed by atoms with E-state index >= 15 is 0 Å². The summed E-state index contributed by atoms with van der Waals surface area (Å²) in [6.07, 6.45) is 44.1. The lowest BCUT2D eigenvalue weighted by atomic mass is 9.68. The van der Waals surface area contributed by atoms with Gasteiger partial charge in [0.1, 0.15) is 0 Å². The van der Waals surface area contributed by atoms with Crippen LogP contribution in [0, 0.1) is 6.92 Å². The number of benzene rings is 4. The number of aryl methyl sites for hydroxylation is 8. The van der Waals surface area contributed by atoms with E-state index in [2.05, 4.69) is 185 Å². The Morgan fingerprint density at radius 2 is 0.540 bits per heavy atom. The Hall–Kier alpha value is -4.06. The summed E-state index contributed by atoms with van der Waals surface area (Å²) in [6.45, 7) is 18.9. The molecule has 0 amide bonds. The van der Waals surface area contributed by atoms with Crippen molar-refractivity contribution in [2.45, 2.75) is 291 Å². The van der Waals surface area contributed by atoms with Gasteiger partial charge in [-0.2, -0.15) is 0 Å². The number of fused-ring (bicyclic) bond motifs is 9. The van der Waals surface area contributed by atoms with Crippen LogP contribution in [0.15, 0.2) is 95.7 Å². The van der Waals surface area contributed by atoms with Crippen molar-refractivity contribution in [1.82, 2.24) is 0 Å². The fraction of sp³-hybridized carbons (Fsp3) is 0.542. The average Bonchev–Trinajstić information content (AvgIpc) is 1.50. The fourth-order valence-corrected chi connectivity index (χ4v) is 21.1. The Kier molecular flexibility index (Phi) is 24.4. The second kappa shape index (κ2) is 32.3. The second-order valence-corrected chi connectivity index (χ2v) is 31.0. The summed E-state index contributed by atoms with van der Waals surface area (Å²) in [5, 5.41) is 4.94. The highest BCUT2D eigenvalue weighted by molar-refractivity contribution is 7.32. The van der Waals surface area contributed by atoms with E-state index in [1.54, 1.807) is 63.7 Å². The molecule has 10 rings (SSSR count). The monoisotopic (exact) mass is 1230 g/mol. The first-order valence-corrected chi connectivity index (χ1v) is 39.4. The zero-order chi connectivity index (χ0) is 60.6. The van der Waals surface area contributed by atoms with Crippen molar-refractivity contribution in [2.24, 2.45) is 0 Å². The molecule has 0 aliphatic heterocycles. The van der Waals surface area contributed by atoms with Crippen LogP contribution in [0.2, 0.25) is 0 Å². The molecule has 4 aromatic carbocycles. The molecule has 0 spiro atoms. The Bertz CT molecular complexity index is 3270. The molecule has 0 saturated heterocycles. The summed E-state index contributed by atoms with van der Waals surface area (Å²) >= 11 is 8.49. The van der Waals surface area contributed by atoms with Gasteiger partial charge >= 0.3 is 0 Å². The largest absolute Gasteiger partial charge is 0.147 e. The Morgan fingerprint density at radius 3 is 0.805 bits per heavy atom. The van der Waals surface area contributed by atoms with Gasteiger partial charge in [0, 0.05) is 41.8 Å². The minimum absolute atomic E-state index is 0.439. The molecule has 0 bridgehead atoms. The normalized spacial score (nSPS) is 14.8. The van der Waals surface area contributed by atoms with Crippen LogP contribution in [0.3, 0.4) is 0 Å². The van der Waals surface area contributed by atoms with Crippen LogP contribution >= 0.6 is 45.3 Å². The topological polar surface area (TPSA) is 0 Å². The first-order valence-electron chi connectivity index (χ1n) is 36.0. The quantitative estimate of drug-likeness (QED) is 0.0337. The lowest BCUT2D eigenvalue weighted by Crippen LogP contribution is -2.29. The van der Waals surface area contributed by atoms with Crippen molar-refractivity contribution >= 4 is 54.7 Å². The Balaban J connectivity index is 1.29. The summed E-state index contributed by atoms with van der Waals surface area (Å²) < 4.78 is 3.11. The maximum atomic E-state index is 2.77. The fourth-order valence-electron chi connectivity index (χ4n) is 15.5. The smallest absolute Gasteiger partial charge is 0.0829 e. The number of hydrogen-bond acceptors (Lipinski definition) is 4. The molecule has 2 aliphatic carbocycles. The van der Waals surface area contributed by atoms with E-state index in [0.29, 0.717) is 0 Å². The number of unbranched alkanes of at least 4 members (excludes halogenated alkanes) is 21. The molecule has 8 aromatic rings. The van der Waals surface area contributed by atoms with Crippen LogP contribution in [0.5, 0.6) is 0 Å². The first-order chi connectivity index (χ1) is 42.8. The van der Waals surface area contributed by atoms with Crippen molar-refractivity contribution in [1.29, 1.82) is 0 Å². The van der Waals surface area contributed by atoms with Gasteiger partial charge in [-0.3, -0.25) is 0 Å². The molecule has 4 heteroatoms. The highest BCUT2D eigenvalue weighted by atomic mass is 32.1. The molecular formula is C83H110S4. The molecule has 1 unspecified atom stereocenters. The third-order valence-corrected chi connectivity index (χ3v) is 24.7. The van der Waals surface area contributed by atoms with Crippen LogP contribution in [0.4, 0.5) is 0 Å². The van der Waals surface area contributed by atoms with Gasteiger partial charge in [-0.15, -0.1) is 45.3 Å². The highest BCUT2D eigenvalue weighted by Gasteiger charge is 2.55. The average molecular weight is 1240 g/mol. The van der Waals surface area contributed by atoms with E-state index in [1.165, 1.54) is 234 Å². The molecule has 87 heavy (non-hydrogen) atoms. The predicted molar refractivity (Wildman–Crippen MR) is 390 cm³/mol. The first kappa shape index (κ1) is 65.9. The molecule has 4 aromatic heterocycles. The summed E-state index contributed by atoms with van der Waals surface area (Å²) in [5.74, 6) is 0. The van der Waals surface area contributed by atoms with Crippen LogP contribution in [-0.4, -0.2) is 0 Å². The zero-order valence-electron chi connectivity index (χ0n) is 55.6. The lowest BCUT2D eigenvalue weighted by Gasteiger charge is -2.35. The molecule has 0 fully saturated rings. The second-order valence-electron chi connectivity index (χ2n) is 27.1. The van der Waals surface area contributed by atoms with Gasteiger partial charge in [-0.05, 0) is 181 Å². The number of hydrogen-bond donors (Lipinski definition) is 0. The van der Waals surface area contributed by atoms with Gasteiger partial charge in [0.2, 0.25) is 0 Å². The summed E-state index contributed by atoms with van der Waals surface area (Å²) in [7, 11) is 0. The predicted octanol–water partition coefficient (Wildman–Crippen LogP) is 27.0. The van der Waals surface area contributed by atoms with Crippen LogP contribution in [0.1, 0.15) is 316 Å². The maximum absolute atomic E-state index is 2.77. The van der Waals surface area contributed by atoms with E-state index in [-0.39, 0.29) is 0 Å². The number of rotatable bonds is 39. The molecule has 0 N–H and O–H groups in total. The molecule has 0 nitrogen and oxygen atoms in total. The molecule has 1 atom stereocenters. The Morgan fingerprint density at radius 1 is 0.287 bits per heavy atom. The third-order valence-electron chi connectivity index (χ3n) is 20.0. The highest BCUT2D eigenvalue weighted by Crippen LogP contribution is 2.70. The van der Waals surface area contributed by atoms with Crippen molar-refractivity contribution in [3.05, 3.63) is 183 Å². The van der Waals surface area contributed by atoms with Gasteiger partial charge in [-0.25, -0.2) is 0 Å². The Labute approximate surface area is 545 Å². The van der Waals surface area contributed by atoms with Crippen molar-refractivity contribution in [2.75, 3.05) is 0 Å².